The summed E-state index contributed by atoms with van der Waals surface area (Å²) in [5, 5.41) is 4.57. The van der Waals surface area contributed by atoms with Crippen LogP contribution < -0.4 is 25.1 Å². The van der Waals surface area contributed by atoms with Crippen molar-refractivity contribution in [1.82, 2.24) is 19.9 Å². The Morgan fingerprint density at radius 1 is 1.12 bits per heavy atom. The van der Waals surface area contributed by atoms with E-state index in [4.69, 9.17) is 14.2 Å². The Bertz CT molecular complexity index is 1460. The highest BCUT2D eigenvalue weighted by atomic mass is 16.5. The molecule has 1 atom stereocenters. The van der Waals surface area contributed by atoms with Crippen molar-refractivity contribution in [3.8, 4) is 17.2 Å². The predicted octanol–water partition coefficient (Wildman–Crippen LogP) is 3.10. The number of rotatable bonds is 6. The molecular weight excluding hydrogens is 436 g/mol. The van der Waals surface area contributed by atoms with Crippen LogP contribution in [-0.4, -0.2) is 41.8 Å². The van der Waals surface area contributed by atoms with Crippen molar-refractivity contribution < 1.29 is 19.0 Å². The van der Waals surface area contributed by atoms with Crippen LogP contribution in [0, 0.1) is 0 Å². The lowest BCUT2D eigenvalue weighted by Crippen LogP contribution is -2.36. The van der Waals surface area contributed by atoms with E-state index >= 15 is 0 Å². The molecule has 0 saturated carbocycles. The van der Waals surface area contributed by atoms with Crippen LogP contribution in [0.15, 0.2) is 41.5 Å². The van der Waals surface area contributed by atoms with Crippen molar-refractivity contribution in [2.45, 2.75) is 31.8 Å². The van der Waals surface area contributed by atoms with Gasteiger partial charge in [0.15, 0.2) is 11.5 Å². The Labute approximate surface area is 195 Å². The van der Waals surface area contributed by atoms with Gasteiger partial charge in [-0.3, -0.25) is 14.2 Å². The van der Waals surface area contributed by atoms with E-state index in [0.29, 0.717) is 22.4 Å². The zero-order valence-corrected chi connectivity index (χ0v) is 19.3. The SMILES string of the molecule is COc1ccc2[nH]c3c(c2c1)CCC[C@H]3NC(=O)Cn1cnc2cc(OC)c(OC)cc2c1=O. The Hall–Kier alpha value is -4.01. The predicted molar refractivity (Wildman–Crippen MR) is 128 cm³/mol. The largest absolute Gasteiger partial charge is 0.497 e. The lowest BCUT2D eigenvalue weighted by atomic mass is 9.91. The van der Waals surface area contributed by atoms with E-state index in [9.17, 15) is 9.59 Å². The maximum Gasteiger partial charge on any atom is 0.261 e. The number of benzene rings is 2. The van der Waals surface area contributed by atoms with Gasteiger partial charge in [0.2, 0.25) is 5.91 Å². The van der Waals surface area contributed by atoms with E-state index in [-0.39, 0.29) is 24.1 Å². The number of ether oxygens (including phenoxy) is 3. The molecule has 9 nitrogen and oxygen atoms in total. The second-order valence-electron chi connectivity index (χ2n) is 8.34. The van der Waals surface area contributed by atoms with Gasteiger partial charge in [-0.2, -0.15) is 0 Å². The molecule has 1 aliphatic rings. The van der Waals surface area contributed by atoms with Crippen molar-refractivity contribution in [3.05, 3.63) is 58.3 Å². The molecule has 2 heterocycles. The minimum atomic E-state index is -0.317. The first-order chi connectivity index (χ1) is 16.5. The number of H-pyrrole nitrogens is 1. The lowest BCUT2D eigenvalue weighted by Gasteiger charge is -2.24. The molecule has 0 aliphatic heterocycles. The van der Waals surface area contributed by atoms with Gasteiger partial charge in [0.05, 0.1) is 44.6 Å². The molecule has 34 heavy (non-hydrogen) atoms. The minimum absolute atomic E-state index is 0.129. The molecule has 0 radical (unpaired) electrons. The van der Waals surface area contributed by atoms with Gasteiger partial charge >= 0.3 is 0 Å². The fourth-order valence-corrected chi connectivity index (χ4v) is 4.71. The fraction of sp³-hybridized carbons (Fsp3) is 0.320. The summed E-state index contributed by atoms with van der Waals surface area (Å²) < 4.78 is 17.3. The van der Waals surface area contributed by atoms with Gasteiger partial charge < -0.3 is 24.5 Å². The molecule has 0 saturated heterocycles. The van der Waals surface area contributed by atoms with Crippen molar-refractivity contribution in [3.63, 3.8) is 0 Å². The van der Waals surface area contributed by atoms with Gasteiger partial charge in [0, 0.05) is 22.7 Å². The van der Waals surface area contributed by atoms with Gasteiger partial charge in [-0.25, -0.2) is 4.98 Å². The summed E-state index contributed by atoms with van der Waals surface area (Å²) in [4.78, 5) is 33.8. The van der Waals surface area contributed by atoms with Gasteiger partial charge in [-0.15, -0.1) is 0 Å². The van der Waals surface area contributed by atoms with Crippen LogP contribution in [0.5, 0.6) is 17.2 Å². The second-order valence-corrected chi connectivity index (χ2v) is 8.34. The monoisotopic (exact) mass is 462 g/mol. The van der Waals surface area contributed by atoms with Gasteiger partial charge in [-0.1, -0.05) is 0 Å². The molecule has 1 amide bonds. The molecule has 5 rings (SSSR count). The van der Waals surface area contributed by atoms with Crippen LogP contribution in [0.3, 0.4) is 0 Å². The number of aromatic amines is 1. The van der Waals surface area contributed by atoms with Crippen LogP contribution in [0.2, 0.25) is 0 Å². The highest BCUT2D eigenvalue weighted by Crippen LogP contribution is 2.36. The van der Waals surface area contributed by atoms with Crippen LogP contribution >= 0.6 is 0 Å². The highest BCUT2D eigenvalue weighted by molar-refractivity contribution is 5.87. The van der Waals surface area contributed by atoms with Crippen LogP contribution in [0.1, 0.15) is 30.1 Å². The summed E-state index contributed by atoms with van der Waals surface area (Å²) in [6.07, 6.45) is 4.11. The summed E-state index contributed by atoms with van der Waals surface area (Å²) in [5.41, 5.74) is 3.40. The van der Waals surface area contributed by atoms with Crippen LogP contribution in [0.25, 0.3) is 21.8 Å². The van der Waals surface area contributed by atoms with E-state index in [0.717, 1.165) is 41.6 Å². The first kappa shape index (κ1) is 21.8. The molecule has 9 heteroatoms. The quantitative estimate of drug-likeness (QED) is 0.456. The number of amides is 1. The van der Waals surface area contributed by atoms with E-state index in [1.165, 1.54) is 30.7 Å². The molecule has 0 fully saturated rings. The van der Waals surface area contributed by atoms with E-state index < -0.39 is 0 Å². The Kier molecular flexibility index (Phi) is 5.61. The van der Waals surface area contributed by atoms with Crippen molar-refractivity contribution >= 4 is 27.7 Å². The molecule has 2 aromatic carbocycles. The van der Waals surface area contributed by atoms with Crippen molar-refractivity contribution in [1.29, 1.82) is 0 Å². The smallest absolute Gasteiger partial charge is 0.261 e. The van der Waals surface area contributed by atoms with E-state index in [1.807, 2.05) is 18.2 Å². The van der Waals surface area contributed by atoms with E-state index in [2.05, 4.69) is 15.3 Å². The number of hydrogen-bond donors (Lipinski definition) is 2. The van der Waals surface area contributed by atoms with Crippen LogP contribution in [-0.2, 0) is 17.8 Å². The maximum absolute atomic E-state index is 13.0. The standard InChI is InChI=1S/C25H26N4O5/c1-32-14-7-8-18-16(9-14)15-5-4-6-19(24(15)28-18)27-23(30)12-29-13-26-20-11-22(34-3)21(33-2)10-17(20)25(29)31/h7-11,13,19,28H,4-6,12H2,1-3H3,(H,27,30)/t19-/m1/s1. The average Bonchev–Trinajstić information content (AvgIpc) is 3.24. The number of fused-ring (bicyclic) bond motifs is 4. The second kappa shape index (κ2) is 8.74. The molecule has 0 bridgehead atoms. The Morgan fingerprint density at radius 3 is 2.68 bits per heavy atom. The number of hydrogen-bond acceptors (Lipinski definition) is 6. The van der Waals surface area contributed by atoms with Gasteiger partial charge in [0.1, 0.15) is 12.3 Å². The summed E-state index contributed by atoms with van der Waals surface area (Å²) >= 11 is 0. The van der Waals surface area contributed by atoms with E-state index in [1.54, 1.807) is 19.2 Å². The summed E-state index contributed by atoms with van der Waals surface area (Å²) in [5.74, 6) is 1.47. The summed E-state index contributed by atoms with van der Waals surface area (Å²) in [6.45, 7) is -0.129. The minimum Gasteiger partial charge on any atom is -0.497 e. The molecule has 4 aromatic rings. The molecule has 176 valence electrons. The molecule has 1 aliphatic carbocycles. The normalized spacial score (nSPS) is 15.2. The summed E-state index contributed by atoms with van der Waals surface area (Å²) in [7, 11) is 4.68. The lowest BCUT2D eigenvalue weighted by molar-refractivity contribution is -0.122. The number of nitrogens with zero attached hydrogens (tertiary/aromatic N) is 2. The first-order valence-electron chi connectivity index (χ1n) is 11.1. The van der Waals surface area contributed by atoms with Gasteiger partial charge in [-0.05, 0) is 49.1 Å². The zero-order chi connectivity index (χ0) is 23.8. The molecule has 0 unspecified atom stereocenters. The molecule has 2 N–H and O–H groups in total. The number of aryl methyl sites for hydroxylation is 1. The molecule has 0 spiro atoms. The average molecular weight is 463 g/mol. The number of carbonyl (C=O) groups excluding carboxylic acids is 1. The maximum atomic E-state index is 13.0. The number of nitrogens with one attached hydrogen (secondary N) is 2. The number of aromatic nitrogens is 3. The Balaban J connectivity index is 1.40. The van der Waals surface area contributed by atoms with Crippen molar-refractivity contribution in [2.75, 3.05) is 21.3 Å². The molecular formula is C25H26N4O5. The van der Waals surface area contributed by atoms with Crippen LogP contribution in [0.4, 0.5) is 0 Å². The first-order valence-corrected chi connectivity index (χ1v) is 11.1. The fourth-order valence-electron chi connectivity index (χ4n) is 4.71. The summed E-state index contributed by atoms with van der Waals surface area (Å²) in [6, 6.07) is 9.02. The highest BCUT2D eigenvalue weighted by Gasteiger charge is 2.26. The number of carbonyl (C=O) groups is 1. The van der Waals surface area contributed by atoms with Gasteiger partial charge in [0.25, 0.3) is 5.56 Å². The van der Waals surface area contributed by atoms with Crippen molar-refractivity contribution in [2.24, 2.45) is 0 Å². The third-order valence-electron chi connectivity index (χ3n) is 6.39. The zero-order valence-electron chi connectivity index (χ0n) is 19.3. The Morgan fingerprint density at radius 2 is 1.91 bits per heavy atom. The number of methoxy groups -OCH3 is 3. The molecule has 2 aromatic heterocycles. The third kappa shape index (κ3) is 3.72. The third-order valence-corrected chi connectivity index (χ3v) is 6.39. The topological polar surface area (TPSA) is 107 Å².